The summed E-state index contributed by atoms with van der Waals surface area (Å²) in [7, 11) is 0. The highest BCUT2D eigenvalue weighted by Gasteiger charge is 2.20. The molecular formula is C13H16N2O3S. The van der Waals surface area contributed by atoms with Crippen molar-refractivity contribution < 1.29 is 9.34 Å². The monoisotopic (exact) mass is 280 g/mol. The van der Waals surface area contributed by atoms with Crippen molar-refractivity contribution in [3.8, 4) is 0 Å². The Kier molecular flexibility index (Phi) is 4.70. The number of rotatable bonds is 7. The van der Waals surface area contributed by atoms with Crippen LogP contribution in [0.15, 0.2) is 34.1 Å². The third-order valence-corrected chi connectivity index (χ3v) is 3.66. The summed E-state index contributed by atoms with van der Waals surface area (Å²) in [4.78, 5) is 11.4. The first kappa shape index (κ1) is 13.8. The van der Waals surface area contributed by atoms with Crippen LogP contribution in [-0.4, -0.2) is 11.5 Å². The van der Waals surface area contributed by atoms with E-state index in [1.165, 1.54) is 10.9 Å². The van der Waals surface area contributed by atoms with Gasteiger partial charge in [-0.3, -0.25) is 10.1 Å². The van der Waals surface area contributed by atoms with Crippen molar-refractivity contribution in [1.82, 2.24) is 5.32 Å². The van der Waals surface area contributed by atoms with Crippen molar-refractivity contribution in [3.63, 3.8) is 0 Å². The average Bonchev–Trinajstić information content (AvgIpc) is 3.05. The first-order chi connectivity index (χ1) is 9.20. The van der Waals surface area contributed by atoms with E-state index in [4.69, 9.17) is 4.42 Å². The van der Waals surface area contributed by atoms with Crippen LogP contribution < -0.4 is 5.32 Å². The predicted octanol–water partition coefficient (Wildman–Crippen LogP) is 3.53. The molecule has 19 heavy (non-hydrogen) atoms. The summed E-state index contributed by atoms with van der Waals surface area (Å²) >= 11 is 1.68. The first-order valence-electron chi connectivity index (χ1n) is 6.20. The van der Waals surface area contributed by atoms with Crippen molar-refractivity contribution in [2.75, 3.05) is 6.54 Å². The lowest BCUT2D eigenvalue weighted by atomic mass is 10.1. The Morgan fingerprint density at radius 1 is 1.47 bits per heavy atom. The minimum absolute atomic E-state index is 0.0210. The summed E-state index contributed by atoms with van der Waals surface area (Å²) < 4.78 is 5.30. The van der Waals surface area contributed by atoms with E-state index >= 15 is 0 Å². The third kappa shape index (κ3) is 3.65. The lowest BCUT2D eigenvalue weighted by Crippen LogP contribution is -2.23. The minimum atomic E-state index is -0.508. The van der Waals surface area contributed by atoms with Gasteiger partial charge in [0.05, 0.1) is 12.1 Å². The summed E-state index contributed by atoms with van der Waals surface area (Å²) in [5.41, 5.74) is 0. The smallest absolute Gasteiger partial charge is 0.404 e. The van der Waals surface area contributed by atoms with Crippen LogP contribution in [0.3, 0.4) is 0 Å². The van der Waals surface area contributed by atoms with Gasteiger partial charge in [-0.2, -0.15) is 0 Å². The Balaban J connectivity index is 2.13. The van der Waals surface area contributed by atoms with E-state index in [1.54, 1.807) is 17.4 Å². The van der Waals surface area contributed by atoms with E-state index in [9.17, 15) is 10.1 Å². The predicted molar refractivity (Wildman–Crippen MR) is 74.4 cm³/mol. The van der Waals surface area contributed by atoms with Gasteiger partial charge in [0, 0.05) is 11.3 Å². The van der Waals surface area contributed by atoms with Crippen LogP contribution in [-0.2, 0) is 6.42 Å². The molecule has 1 unspecified atom stereocenters. The molecule has 0 amide bonds. The Morgan fingerprint density at radius 3 is 2.89 bits per heavy atom. The molecule has 0 saturated heterocycles. The van der Waals surface area contributed by atoms with Gasteiger partial charge < -0.3 is 9.73 Å². The normalized spacial score (nSPS) is 12.5. The average molecular weight is 280 g/mol. The maximum absolute atomic E-state index is 10.7. The lowest BCUT2D eigenvalue weighted by molar-refractivity contribution is -0.402. The quantitative estimate of drug-likeness (QED) is 0.622. The molecule has 0 aliphatic rings. The van der Waals surface area contributed by atoms with Gasteiger partial charge in [-0.15, -0.1) is 11.3 Å². The Hall–Kier alpha value is -1.66. The minimum Gasteiger partial charge on any atom is -0.404 e. The van der Waals surface area contributed by atoms with Gasteiger partial charge in [-0.25, -0.2) is 0 Å². The van der Waals surface area contributed by atoms with Crippen LogP contribution in [0.4, 0.5) is 5.88 Å². The maximum atomic E-state index is 10.7. The summed E-state index contributed by atoms with van der Waals surface area (Å²) in [5, 5.41) is 16.1. The fourth-order valence-electron chi connectivity index (χ4n) is 1.85. The van der Waals surface area contributed by atoms with Gasteiger partial charge in [0.25, 0.3) is 0 Å². The van der Waals surface area contributed by atoms with Crippen molar-refractivity contribution in [3.05, 3.63) is 50.4 Å². The second-order valence-electron chi connectivity index (χ2n) is 4.22. The Bertz CT molecular complexity index is 522. The van der Waals surface area contributed by atoms with Crippen molar-refractivity contribution in [2.45, 2.75) is 25.8 Å². The van der Waals surface area contributed by atoms with E-state index < -0.39 is 4.92 Å². The highest BCUT2D eigenvalue weighted by atomic mass is 32.1. The van der Waals surface area contributed by atoms with Crippen LogP contribution in [0.2, 0.25) is 0 Å². The van der Waals surface area contributed by atoms with Crippen LogP contribution >= 0.6 is 11.3 Å². The number of hydrogen-bond acceptors (Lipinski definition) is 5. The van der Waals surface area contributed by atoms with Crippen molar-refractivity contribution >= 4 is 17.2 Å². The second-order valence-corrected chi connectivity index (χ2v) is 5.26. The van der Waals surface area contributed by atoms with Gasteiger partial charge >= 0.3 is 5.88 Å². The Morgan fingerprint density at radius 2 is 2.32 bits per heavy atom. The molecule has 0 spiro atoms. The molecule has 0 saturated carbocycles. The molecule has 2 rings (SSSR count). The lowest BCUT2D eigenvalue weighted by Gasteiger charge is -2.14. The van der Waals surface area contributed by atoms with Crippen LogP contribution in [0, 0.1) is 10.1 Å². The molecule has 2 heterocycles. The largest absolute Gasteiger partial charge is 0.433 e. The highest BCUT2D eigenvalue weighted by molar-refractivity contribution is 7.09. The molecule has 6 heteroatoms. The van der Waals surface area contributed by atoms with E-state index in [0.717, 1.165) is 19.4 Å². The van der Waals surface area contributed by atoms with E-state index in [-0.39, 0.29) is 11.9 Å². The van der Waals surface area contributed by atoms with Gasteiger partial charge in [0.1, 0.15) is 10.7 Å². The molecule has 0 bridgehead atoms. The van der Waals surface area contributed by atoms with Crippen LogP contribution in [0.1, 0.15) is 30.0 Å². The number of nitrogens with one attached hydrogen (secondary N) is 1. The highest BCUT2D eigenvalue weighted by Crippen LogP contribution is 2.25. The summed E-state index contributed by atoms with van der Waals surface area (Å²) in [6.45, 7) is 2.93. The van der Waals surface area contributed by atoms with Crippen molar-refractivity contribution in [1.29, 1.82) is 0 Å². The number of hydrogen-bond donors (Lipinski definition) is 1. The molecule has 1 atom stereocenters. The van der Waals surface area contributed by atoms with Crippen molar-refractivity contribution in [2.24, 2.45) is 0 Å². The SMILES string of the molecule is CCCNC(Cc1cccs1)c1ccc([N+](=O)[O-])o1. The van der Waals surface area contributed by atoms with Gasteiger partial charge in [0.15, 0.2) is 0 Å². The number of nitro groups is 1. The molecule has 102 valence electrons. The topological polar surface area (TPSA) is 68.3 Å². The number of furan rings is 1. The van der Waals surface area contributed by atoms with Gasteiger partial charge in [-0.05, 0) is 30.5 Å². The molecule has 5 nitrogen and oxygen atoms in total. The molecule has 2 aromatic heterocycles. The first-order valence-corrected chi connectivity index (χ1v) is 7.08. The van der Waals surface area contributed by atoms with E-state index in [2.05, 4.69) is 18.3 Å². The maximum Gasteiger partial charge on any atom is 0.433 e. The molecule has 0 aromatic carbocycles. The molecular weight excluding hydrogens is 264 g/mol. The zero-order chi connectivity index (χ0) is 13.7. The zero-order valence-electron chi connectivity index (χ0n) is 10.7. The Labute approximate surface area is 115 Å². The summed E-state index contributed by atoms with van der Waals surface area (Å²) in [5.74, 6) is 0.415. The fraction of sp³-hybridized carbons (Fsp3) is 0.385. The molecule has 0 fully saturated rings. The number of nitrogens with zero attached hydrogens (tertiary/aromatic N) is 1. The van der Waals surface area contributed by atoms with Gasteiger partial charge in [0.2, 0.25) is 0 Å². The molecule has 0 aliphatic heterocycles. The summed E-state index contributed by atoms with van der Waals surface area (Å²) in [6.07, 6.45) is 1.78. The van der Waals surface area contributed by atoms with Crippen LogP contribution in [0.25, 0.3) is 0 Å². The number of thiophene rings is 1. The molecule has 0 radical (unpaired) electrons. The third-order valence-electron chi connectivity index (χ3n) is 2.76. The fourth-order valence-corrected chi connectivity index (χ4v) is 2.60. The standard InChI is InChI=1S/C13H16N2O3S/c1-2-7-14-11(9-10-4-3-8-19-10)12-5-6-13(18-12)15(16)17/h3-6,8,11,14H,2,7,9H2,1H3. The second kappa shape index (κ2) is 6.49. The summed E-state index contributed by atoms with van der Waals surface area (Å²) in [6, 6.07) is 7.13. The van der Waals surface area contributed by atoms with Gasteiger partial charge in [-0.1, -0.05) is 13.0 Å². The van der Waals surface area contributed by atoms with Crippen LogP contribution in [0.5, 0.6) is 0 Å². The molecule has 1 N–H and O–H groups in total. The molecule has 2 aromatic rings. The van der Waals surface area contributed by atoms with E-state index in [0.29, 0.717) is 5.76 Å². The molecule has 0 aliphatic carbocycles. The van der Waals surface area contributed by atoms with E-state index in [1.807, 2.05) is 11.4 Å². The zero-order valence-corrected chi connectivity index (χ0v) is 11.5.